The molecule has 1 aromatic rings. The summed E-state index contributed by atoms with van der Waals surface area (Å²) in [7, 11) is 0. The van der Waals surface area contributed by atoms with Crippen LogP contribution in [0.25, 0.3) is 0 Å². The number of aryl methyl sites for hydroxylation is 1. The Hall–Kier alpha value is -0.560. The summed E-state index contributed by atoms with van der Waals surface area (Å²) in [5.41, 5.74) is 2.61. The standard InChI is InChI=1S/C10H11Br/c1-8-4-3-5-10(6-8)7-9(2)11/h3-6H,2,7H2,1H3. The number of halogens is 1. The van der Waals surface area contributed by atoms with Crippen LogP contribution < -0.4 is 0 Å². The molecule has 0 heterocycles. The Morgan fingerprint density at radius 3 is 2.82 bits per heavy atom. The zero-order valence-corrected chi connectivity index (χ0v) is 8.19. The smallest absolute Gasteiger partial charge is 0.00348 e. The first-order valence-corrected chi connectivity index (χ1v) is 4.36. The second-order valence-corrected chi connectivity index (χ2v) is 3.80. The second-order valence-electron chi connectivity index (χ2n) is 2.68. The zero-order valence-electron chi connectivity index (χ0n) is 6.60. The summed E-state index contributed by atoms with van der Waals surface area (Å²) in [5.74, 6) is 0. The van der Waals surface area contributed by atoms with Gasteiger partial charge in [-0.15, -0.1) is 0 Å². The highest BCUT2D eigenvalue weighted by Gasteiger charge is 1.93. The van der Waals surface area contributed by atoms with Gasteiger partial charge in [-0.3, -0.25) is 0 Å². The first kappa shape index (κ1) is 8.54. The van der Waals surface area contributed by atoms with Crippen LogP contribution in [0.3, 0.4) is 0 Å². The minimum atomic E-state index is 0.918. The van der Waals surface area contributed by atoms with Crippen molar-refractivity contribution in [2.45, 2.75) is 13.3 Å². The molecule has 0 aliphatic heterocycles. The molecule has 0 unspecified atom stereocenters. The Morgan fingerprint density at radius 2 is 2.27 bits per heavy atom. The van der Waals surface area contributed by atoms with E-state index in [1.165, 1.54) is 11.1 Å². The van der Waals surface area contributed by atoms with E-state index in [9.17, 15) is 0 Å². The van der Waals surface area contributed by atoms with E-state index in [0.29, 0.717) is 0 Å². The van der Waals surface area contributed by atoms with Crippen LogP contribution in [0.2, 0.25) is 0 Å². The third kappa shape index (κ3) is 2.89. The van der Waals surface area contributed by atoms with Gasteiger partial charge in [0, 0.05) is 6.42 Å². The van der Waals surface area contributed by atoms with Crippen LogP contribution in [0.15, 0.2) is 35.3 Å². The van der Waals surface area contributed by atoms with Crippen molar-refractivity contribution in [2.75, 3.05) is 0 Å². The Bertz CT molecular complexity index is 263. The molecule has 0 saturated heterocycles. The number of allylic oxidation sites excluding steroid dienone is 1. The summed E-state index contributed by atoms with van der Waals surface area (Å²) in [4.78, 5) is 0. The zero-order chi connectivity index (χ0) is 8.27. The molecule has 0 fully saturated rings. The van der Waals surface area contributed by atoms with E-state index in [1.807, 2.05) is 0 Å². The fourth-order valence-electron chi connectivity index (χ4n) is 1.04. The lowest BCUT2D eigenvalue weighted by Gasteiger charge is -1.99. The maximum Gasteiger partial charge on any atom is 0.00348 e. The quantitative estimate of drug-likeness (QED) is 0.702. The SMILES string of the molecule is C=C(Br)Cc1cccc(C)c1. The molecule has 0 aromatic heterocycles. The van der Waals surface area contributed by atoms with Gasteiger partial charge < -0.3 is 0 Å². The summed E-state index contributed by atoms with van der Waals surface area (Å²) in [6.45, 7) is 5.89. The fraction of sp³-hybridized carbons (Fsp3) is 0.200. The molecule has 0 N–H and O–H groups in total. The molecule has 0 radical (unpaired) electrons. The van der Waals surface area contributed by atoms with Crippen molar-refractivity contribution in [3.05, 3.63) is 46.5 Å². The summed E-state index contributed by atoms with van der Waals surface area (Å²) < 4.78 is 1.03. The van der Waals surface area contributed by atoms with Crippen LogP contribution in [0.1, 0.15) is 11.1 Å². The minimum Gasteiger partial charge on any atom is -0.0885 e. The van der Waals surface area contributed by atoms with Gasteiger partial charge in [0.2, 0.25) is 0 Å². The van der Waals surface area contributed by atoms with Gasteiger partial charge in [-0.1, -0.05) is 52.3 Å². The monoisotopic (exact) mass is 210 g/mol. The topological polar surface area (TPSA) is 0 Å². The van der Waals surface area contributed by atoms with Crippen LogP contribution in [0.5, 0.6) is 0 Å². The molecule has 0 saturated carbocycles. The molecule has 0 aliphatic rings. The average molecular weight is 211 g/mol. The lowest BCUT2D eigenvalue weighted by Crippen LogP contribution is -1.83. The molecule has 1 aromatic carbocycles. The fourth-order valence-corrected chi connectivity index (χ4v) is 1.37. The predicted octanol–water partition coefficient (Wildman–Crippen LogP) is 3.45. The van der Waals surface area contributed by atoms with Gasteiger partial charge in [0.25, 0.3) is 0 Å². The minimum absolute atomic E-state index is 0.918. The first-order chi connectivity index (χ1) is 5.18. The third-order valence-electron chi connectivity index (χ3n) is 1.48. The number of hydrogen-bond donors (Lipinski definition) is 0. The number of rotatable bonds is 2. The van der Waals surface area contributed by atoms with Crippen molar-refractivity contribution in [1.29, 1.82) is 0 Å². The Balaban J connectivity index is 2.79. The van der Waals surface area contributed by atoms with E-state index in [1.54, 1.807) is 0 Å². The molecule has 58 valence electrons. The molecule has 1 heteroatoms. The predicted molar refractivity (Wildman–Crippen MR) is 53.0 cm³/mol. The van der Waals surface area contributed by atoms with Gasteiger partial charge in [0.1, 0.15) is 0 Å². The maximum absolute atomic E-state index is 3.80. The molecule has 0 spiro atoms. The molecule has 11 heavy (non-hydrogen) atoms. The van der Waals surface area contributed by atoms with Crippen LogP contribution in [0, 0.1) is 6.92 Å². The average Bonchev–Trinajstić information content (AvgIpc) is 1.85. The van der Waals surface area contributed by atoms with E-state index >= 15 is 0 Å². The molecular weight excluding hydrogens is 200 g/mol. The van der Waals surface area contributed by atoms with Crippen molar-refractivity contribution >= 4 is 15.9 Å². The highest BCUT2D eigenvalue weighted by Crippen LogP contribution is 2.12. The van der Waals surface area contributed by atoms with Gasteiger partial charge in [-0.05, 0) is 17.0 Å². The van der Waals surface area contributed by atoms with Gasteiger partial charge >= 0.3 is 0 Å². The van der Waals surface area contributed by atoms with Crippen LogP contribution in [0.4, 0.5) is 0 Å². The number of hydrogen-bond acceptors (Lipinski definition) is 0. The second kappa shape index (κ2) is 3.72. The van der Waals surface area contributed by atoms with Crippen molar-refractivity contribution in [3.8, 4) is 0 Å². The molecule has 0 amide bonds. The third-order valence-corrected chi connectivity index (χ3v) is 1.76. The van der Waals surface area contributed by atoms with Crippen molar-refractivity contribution < 1.29 is 0 Å². The van der Waals surface area contributed by atoms with Crippen molar-refractivity contribution in [1.82, 2.24) is 0 Å². The van der Waals surface area contributed by atoms with E-state index in [-0.39, 0.29) is 0 Å². The highest BCUT2D eigenvalue weighted by molar-refractivity contribution is 9.11. The van der Waals surface area contributed by atoms with Crippen LogP contribution in [-0.2, 0) is 6.42 Å². The summed E-state index contributed by atoms with van der Waals surface area (Å²) in [6, 6.07) is 8.45. The molecule has 0 bridgehead atoms. The van der Waals surface area contributed by atoms with E-state index < -0.39 is 0 Å². The van der Waals surface area contributed by atoms with E-state index in [2.05, 4.69) is 53.7 Å². The molecule has 1 rings (SSSR count). The summed E-state index contributed by atoms with van der Waals surface area (Å²) in [5, 5.41) is 0. The maximum atomic E-state index is 3.80. The Labute approximate surface area is 76.1 Å². The molecular formula is C10H11Br. The lowest BCUT2D eigenvalue weighted by molar-refractivity contribution is 1.24. The molecule has 0 nitrogen and oxygen atoms in total. The van der Waals surface area contributed by atoms with E-state index in [0.717, 1.165) is 10.9 Å². The van der Waals surface area contributed by atoms with Crippen molar-refractivity contribution in [3.63, 3.8) is 0 Å². The molecule has 0 aliphatic carbocycles. The summed E-state index contributed by atoms with van der Waals surface area (Å²) >= 11 is 3.34. The van der Waals surface area contributed by atoms with E-state index in [4.69, 9.17) is 0 Å². The lowest BCUT2D eigenvalue weighted by atomic mass is 10.1. The van der Waals surface area contributed by atoms with Crippen molar-refractivity contribution in [2.24, 2.45) is 0 Å². The van der Waals surface area contributed by atoms with Gasteiger partial charge in [-0.2, -0.15) is 0 Å². The van der Waals surface area contributed by atoms with Gasteiger partial charge in [0.05, 0.1) is 0 Å². The van der Waals surface area contributed by atoms with Gasteiger partial charge in [0.15, 0.2) is 0 Å². The normalized spacial score (nSPS) is 9.64. The largest absolute Gasteiger partial charge is 0.0885 e. The Kier molecular flexibility index (Phi) is 2.89. The molecule has 0 atom stereocenters. The number of benzene rings is 1. The highest BCUT2D eigenvalue weighted by atomic mass is 79.9. The Morgan fingerprint density at radius 1 is 1.55 bits per heavy atom. The summed E-state index contributed by atoms with van der Waals surface area (Å²) in [6.07, 6.45) is 0.918. The van der Waals surface area contributed by atoms with Gasteiger partial charge in [-0.25, -0.2) is 0 Å². The van der Waals surface area contributed by atoms with Crippen LogP contribution in [-0.4, -0.2) is 0 Å². The first-order valence-electron chi connectivity index (χ1n) is 3.57. The van der Waals surface area contributed by atoms with Crippen LogP contribution >= 0.6 is 15.9 Å².